The highest BCUT2D eigenvalue weighted by molar-refractivity contribution is 5.71. The fraction of sp³-hybridized carbons (Fsp3) is 0.182. The molecule has 2 aliphatic rings. The van der Waals surface area contributed by atoms with Gasteiger partial charge >= 0.3 is 0 Å². The molecule has 0 atom stereocenters. The number of ether oxygens (including phenoxy) is 4. The van der Waals surface area contributed by atoms with Gasteiger partial charge in [-0.05, 0) is 24.3 Å². The van der Waals surface area contributed by atoms with Crippen LogP contribution in [0.1, 0.15) is 11.1 Å². The highest BCUT2D eigenvalue weighted by Gasteiger charge is 2.25. The zero-order valence-corrected chi connectivity index (χ0v) is 15.0. The summed E-state index contributed by atoms with van der Waals surface area (Å²) in [5.41, 5.74) is 4.27. The topological polar surface area (TPSA) is 40.2 Å². The van der Waals surface area contributed by atoms with Crippen LogP contribution in [-0.4, -0.2) is 13.9 Å². The molecular formula is C22H19NO4. The van der Waals surface area contributed by atoms with Crippen LogP contribution in [0.15, 0.2) is 60.7 Å². The Morgan fingerprint density at radius 2 is 1.67 bits per heavy atom. The summed E-state index contributed by atoms with van der Waals surface area (Å²) in [6.07, 6.45) is 0. The smallest absolute Gasteiger partial charge is 0.231 e. The van der Waals surface area contributed by atoms with Crippen LogP contribution in [0.4, 0.5) is 11.4 Å². The van der Waals surface area contributed by atoms with Gasteiger partial charge in [-0.15, -0.1) is 0 Å². The third-order valence-electron chi connectivity index (χ3n) is 4.91. The number of fused-ring (bicyclic) bond motifs is 3. The molecule has 0 N–H and O–H groups in total. The van der Waals surface area contributed by atoms with Crippen molar-refractivity contribution in [1.82, 2.24) is 0 Å². The minimum atomic E-state index is 0.248. The van der Waals surface area contributed by atoms with Gasteiger partial charge in [0, 0.05) is 22.9 Å². The second kappa shape index (κ2) is 6.43. The molecule has 5 heteroatoms. The van der Waals surface area contributed by atoms with Gasteiger partial charge in [0.05, 0.1) is 19.3 Å². The lowest BCUT2D eigenvalue weighted by Gasteiger charge is -2.31. The van der Waals surface area contributed by atoms with Crippen LogP contribution in [-0.2, 0) is 13.2 Å². The van der Waals surface area contributed by atoms with Crippen molar-refractivity contribution in [2.75, 3.05) is 18.8 Å². The van der Waals surface area contributed by atoms with E-state index in [1.807, 2.05) is 42.5 Å². The van der Waals surface area contributed by atoms with Gasteiger partial charge in [-0.1, -0.05) is 30.3 Å². The molecule has 0 unspecified atom stereocenters. The van der Waals surface area contributed by atoms with Crippen molar-refractivity contribution in [3.8, 4) is 23.0 Å². The monoisotopic (exact) mass is 361 g/mol. The number of hydrogen-bond donors (Lipinski definition) is 0. The van der Waals surface area contributed by atoms with E-state index >= 15 is 0 Å². The lowest BCUT2D eigenvalue weighted by atomic mass is 10.1. The molecule has 0 spiro atoms. The normalized spacial score (nSPS) is 14.5. The standard InChI is InChI=1S/C22H19NO4/c1-24-19-9-5-6-15-12-23(17-7-3-2-4-8-17)18-11-21-20(26-14-27-21)10-16(18)13-25-22(15)19/h2-11H,12-14H2,1H3. The number of rotatable bonds is 2. The summed E-state index contributed by atoms with van der Waals surface area (Å²) in [4.78, 5) is 2.28. The molecule has 3 aromatic carbocycles. The molecule has 0 radical (unpaired) electrons. The first-order valence-electron chi connectivity index (χ1n) is 8.87. The molecule has 136 valence electrons. The average molecular weight is 361 g/mol. The number of benzene rings is 3. The van der Waals surface area contributed by atoms with E-state index in [1.165, 1.54) is 0 Å². The third-order valence-corrected chi connectivity index (χ3v) is 4.91. The van der Waals surface area contributed by atoms with Crippen LogP contribution < -0.4 is 23.8 Å². The predicted octanol–water partition coefficient (Wildman–Crippen LogP) is 4.65. The van der Waals surface area contributed by atoms with E-state index in [2.05, 4.69) is 23.1 Å². The molecule has 2 heterocycles. The molecule has 0 fully saturated rings. The fourth-order valence-corrected chi connectivity index (χ4v) is 3.59. The molecule has 0 saturated heterocycles. The maximum absolute atomic E-state index is 6.17. The van der Waals surface area contributed by atoms with Gasteiger partial charge in [0.1, 0.15) is 6.61 Å². The molecule has 27 heavy (non-hydrogen) atoms. The lowest BCUT2D eigenvalue weighted by Crippen LogP contribution is -2.21. The Bertz CT molecular complexity index is 987. The second-order valence-electron chi connectivity index (χ2n) is 6.49. The van der Waals surface area contributed by atoms with E-state index in [1.54, 1.807) is 7.11 Å². The van der Waals surface area contributed by atoms with E-state index in [0.29, 0.717) is 13.2 Å². The Labute approximate surface area is 157 Å². The molecule has 5 nitrogen and oxygen atoms in total. The average Bonchev–Trinajstić information content (AvgIpc) is 3.16. The van der Waals surface area contributed by atoms with E-state index < -0.39 is 0 Å². The molecule has 3 aromatic rings. The van der Waals surface area contributed by atoms with Crippen LogP contribution in [0.2, 0.25) is 0 Å². The predicted molar refractivity (Wildman–Crippen MR) is 102 cm³/mol. The summed E-state index contributed by atoms with van der Waals surface area (Å²) in [5.74, 6) is 3.04. The van der Waals surface area contributed by atoms with E-state index in [-0.39, 0.29) is 6.79 Å². The maximum atomic E-state index is 6.17. The van der Waals surface area contributed by atoms with E-state index in [4.69, 9.17) is 18.9 Å². The zero-order valence-electron chi connectivity index (χ0n) is 15.0. The minimum Gasteiger partial charge on any atom is -0.493 e. The maximum Gasteiger partial charge on any atom is 0.231 e. The number of anilines is 2. The molecular weight excluding hydrogens is 342 g/mol. The first kappa shape index (κ1) is 15.9. The Hall–Kier alpha value is -3.34. The van der Waals surface area contributed by atoms with Crippen molar-refractivity contribution in [3.05, 3.63) is 71.8 Å². The van der Waals surface area contributed by atoms with Crippen LogP contribution >= 0.6 is 0 Å². The molecule has 0 saturated carbocycles. The lowest BCUT2D eigenvalue weighted by molar-refractivity contribution is 0.174. The summed E-state index contributed by atoms with van der Waals surface area (Å²) < 4.78 is 22.9. The summed E-state index contributed by atoms with van der Waals surface area (Å²) in [6, 6.07) is 20.4. The van der Waals surface area contributed by atoms with Gasteiger partial charge in [-0.2, -0.15) is 0 Å². The Balaban J connectivity index is 1.68. The second-order valence-corrected chi connectivity index (χ2v) is 6.49. The fourth-order valence-electron chi connectivity index (χ4n) is 3.59. The molecule has 2 aliphatic heterocycles. The SMILES string of the molecule is COc1cccc2c1OCc1cc3c(cc1N(c1ccccc1)C2)OCO3. The van der Waals surface area contributed by atoms with Crippen LogP contribution in [0, 0.1) is 0 Å². The summed E-state index contributed by atoms with van der Waals surface area (Å²) in [7, 11) is 1.67. The summed E-state index contributed by atoms with van der Waals surface area (Å²) in [5, 5.41) is 0. The Kier molecular flexibility index (Phi) is 3.78. The quantitative estimate of drug-likeness (QED) is 0.664. The van der Waals surface area contributed by atoms with Gasteiger partial charge in [0.25, 0.3) is 0 Å². The first-order chi connectivity index (χ1) is 13.3. The summed E-state index contributed by atoms with van der Waals surface area (Å²) >= 11 is 0. The molecule has 0 amide bonds. The summed E-state index contributed by atoms with van der Waals surface area (Å²) in [6.45, 7) is 1.32. The van der Waals surface area contributed by atoms with Crippen molar-refractivity contribution in [2.24, 2.45) is 0 Å². The third kappa shape index (κ3) is 2.72. The van der Waals surface area contributed by atoms with Crippen LogP contribution in [0.25, 0.3) is 0 Å². The Morgan fingerprint density at radius 1 is 0.852 bits per heavy atom. The Morgan fingerprint density at radius 3 is 2.48 bits per heavy atom. The zero-order chi connectivity index (χ0) is 18.2. The van der Waals surface area contributed by atoms with Crippen molar-refractivity contribution in [3.63, 3.8) is 0 Å². The van der Waals surface area contributed by atoms with Crippen molar-refractivity contribution >= 4 is 11.4 Å². The number of para-hydroxylation sites is 2. The number of hydrogen-bond acceptors (Lipinski definition) is 5. The minimum absolute atomic E-state index is 0.248. The highest BCUT2D eigenvalue weighted by Crippen LogP contribution is 2.44. The molecule has 0 bridgehead atoms. The van der Waals surface area contributed by atoms with Gasteiger partial charge in [-0.25, -0.2) is 0 Å². The van der Waals surface area contributed by atoms with E-state index in [9.17, 15) is 0 Å². The van der Waals surface area contributed by atoms with Gasteiger partial charge < -0.3 is 23.8 Å². The van der Waals surface area contributed by atoms with Crippen LogP contribution in [0.5, 0.6) is 23.0 Å². The van der Waals surface area contributed by atoms with Crippen molar-refractivity contribution < 1.29 is 18.9 Å². The molecule has 0 aromatic heterocycles. The van der Waals surface area contributed by atoms with Gasteiger partial charge in [0.2, 0.25) is 6.79 Å². The number of methoxy groups -OCH3 is 1. The van der Waals surface area contributed by atoms with Crippen molar-refractivity contribution in [2.45, 2.75) is 13.2 Å². The highest BCUT2D eigenvalue weighted by atomic mass is 16.7. The van der Waals surface area contributed by atoms with Gasteiger partial charge in [0.15, 0.2) is 23.0 Å². The van der Waals surface area contributed by atoms with Gasteiger partial charge in [-0.3, -0.25) is 0 Å². The molecule has 0 aliphatic carbocycles. The van der Waals surface area contributed by atoms with Crippen molar-refractivity contribution in [1.29, 1.82) is 0 Å². The first-order valence-corrected chi connectivity index (χ1v) is 8.87. The van der Waals surface area contributed by atoms with Crippen LogP contribution in [0.3, 0.4) is 0 Å². The van der Waals surface area contributed by atoms with E-state index in [0.717, 1.165) is 45.5 Å². The number of nitrogens with zero attached hydrogens (tertiary/aromatic N) is 1. The largest absolute Gasteiger partial charge is 0.493 e. The molecule has 5 rings (SSSR count).